The molecule has 0 atom stereocenters. The van der Waals surface area contributed by atoms with Gasteiger partial charge in [0.2, 0.25) is 0 Å². The molecular weight excluding hydrogens is 484 g/mol. The molecular formula is C27H34N8O3. The summed E-state index contributed by atoms with van der Waals surface area (Å²) in [6, 6.07) is 7.58. The Bertz CT molecular complexity index is 1400. The lowest BCUT2D eigenvalue weighted by molar-refractivity contribution is 0.0996. The number of carbonyl (C=O) groups is 2. The maximum Gasteiger partial charge on any atom is 0.407 e. The van der Waals surface area contributed by atoms with Gasteiger partial charge in [0, 0.05) is 37.7 Å². The Balaban J connectivity index is 1.51. The highest BCUT2D eigenvalue weighted by atomic mass is 16.5. The molecule has 5 heterocycles. The highest BCUT2D eigenvalue weighted by Gasteiger charge is 2.35. The first-order chi connectivity index (χ1) is 18.1. The van der Waals surface area contributed by atoms with Gasteiger partial charge in [-0.1, -0.05) is 6.07 Å². The van der Waals surface area contributed by atoms with Gasteiger partial charge in [-0.3, -0.25) is 9.69 Å². The summed E-state index contributed by atoms with van der Waals surface area (Å²) < 4.78 is 7.50. The third kappa shape index (κ3) is 4.46. The summed E-state index contributed by atoms with van der Waals surface area (Å²) in [5.74, 6) is 2.66. The SMILES string of the molecule is CNC(=O)OCc1nc(N(C)C(C)C)cc2c1CN(c1cccc(-c3nnc4n3C(C)(C)CCC4)n1)C2=O. The minimum Gasteiger partial charge on any atom is -0.443 e. The number of ether oxygens (including phenoxy) is 1. The van der Waals surface area contributed by atoms with Crippen molar-refractivity contribution >= 4 is 23.6 Å². The van der Waals surface area contributed by atoms with Crippen LogP contribution in [-0.4, -0.2) is 56.9 Å². The first-order valence-electron chi connectivity index (χ1n) is 12.9. The van der Waals surface area contributed by atoms with E-state index in [1.54, 1.807) is 4.90 Å². The number of rotatable bonds is 6. The third-order valence-corrected chi connectivity index (χ3v) is 7.43. The van der Waals surface area contributed by atoms with E-state index in [0.29, 0.717) is 34.4 Å². The number of aromatic nitrogens is 5. The van der Waals surface area contributed by atoms with Crippen molar-refractivity contribution in [3.05, 3.63) is 46.9 Å². The second-order valence-corrected chi connectivity index (χ2v) is 10.7. The predicted octanol–water partition coefficient (Wildman–Crippen LogP) is 3.67. The van der Waals surface area contributed by atoms with Gasteiger partial charge in [0.05, 0.1) is 17.8 Å². The molecule has 0 spiro atoms. The number of pyridine rings is 2. The van der Waals surface area contributed by atoms with Crippen molar-refractivity contribution < 1.29 is 14.3 Å². The van der Waals surface area contributed by atoms with Gasteiger partial charge in [-0.05, 0) is 58.7 Å². The van der Waals surface area contributed by atoms with Crippen molar-refractivity contribution in [2.24, 2.45) is 0 Å². The number of nitrogens with zero attached hydrogens (tertiary/aromatic N) is 7. The Morgan fingerprint density at radius 3 is 2.76 bits per heavy atom. The number of hydrogen-bond acceptors (Lipinski definition) is 8. The number of amides is 2. The molecule has 0 saturated carbocycles. The summed E-state index contributed by atoms with van der Waals surface area (Å²) >= 11 is 0. The molecule has 0 radical (unpaired) electrons. The first kappa shape index (κ1) is 25.6. The topological polar surface area (TPSA) is 118 Å². The molecule has 1 N–H and O–H groups in total. The minimum atomic E-state index is -0.557. The van der Waals surface area contributed by atoms with Crippen LogP contribution in [0.2, 0.25) is 0 Å². The van der Waals surface area contributed by atoms with E-state index in [9.17, 15) is 9.59 Å². The van der Waals surface area contributed by atoms with Crippen LogP contribution >= 0.6 is 0 Å². The lowest BCUT2D eigenvalue weighted by Gasteiger charge is -2.33. The molecule has 0 fully saturated rings. The molecule has 0 bridgehead atoms. The fraction of sp³-hybridized carbons (Fsp3) is 0.481. The van der Waals surface area contributed by atoms with E-state index in [0.717, 1.165) is 30.7 Å². The lowest BCUT2D eigenvalue weighted by atomic mass is 9.92. The van der Waals surface area contributed by atoms with E-state index < -0.39 is 6.09 Å². The van der Waals surface area contributed by atoms with E-state index in [2.05, 4.69) is 33.9 Å². The van der Waals surface area contributed by atoms with Crippen LogP contribution in [0.15, 0.2) is 24.3 Å². The van der Waals surface area contributed by atoms with Gasteiger partial charge in [-0.2, -0.15) is 0 Å². The van der Waals surface area contributed by atoms with Crippen molar-refractivity contribution in [2.75, 3.05) is 23.9 Å². The summed E-state index contributed by atoms with van der Waals surface area (Å²) in [5, 5.41) is 11.4. The first-order valence-corrected chi connectivity index (χ1v) is 12.9. The van der Waals surface area contributed by atoms with Crippen LogP contribution in [0, 0.1) is 0 Å². The molecule has 2 aliphatic rings. The number of anilines is 2. The molecule has 11 nitrogen and oxygen atoms in total. The minimum absolute atomic E-state index is 0.0443. The molecule has 0 aliphatic carbocycles. The van der Waals surface area contributed by atoms with Crippen LogP contribution in [0.5, 0.6) is 0 Å². The molecule has 11 heteroatoms. The van der Waals surface area contributed by atoms with Crippen molar-refractivity contribution in [3.63, 3.8) is 0 Å². The van der Waals surface area contributed by atoms with Crippen LogP contribution in [0.1, 0.15) is 68.0 Å². The molecule has 2 aliphatic heterocycles. The fourth-order valence-corrected chi connectivity index (χ4v) is 5.08. The van der Waals surface area contributed by atoms with E-state index in [1.807, 2.05) is 50.1 Å². The van der Waals surface area contributed by atoms with Crippen LogP contribution < -0.4 is 15.1 Å². The van der Waals surface area contributed by atoms with Crippen LogP contribution in [0.25, 0.3) is 11.5 Å². The van der Waals surface area contributed by atoms with Crippen LogP contribution in [0.4, 0.5) is 16.4 Å². The monoisotopic (exact) mass is 518 g/mol. The zero-order valence-electron chi connectivity index (χ0n) is 22.8. The smallest absolute Gasteiger partial charge is 0.407 e. The van der Waals surface area contributed by atoms with Crippen molar-refractivity contribution in [1.82, 2.24) is 30.0 Å². The van der Waals surface area contributed by atoms with E-state index in [4.69, 9.17) is 14.7 Å². The maximum absolute atomic E-state index is 13.7. The Hall–Kier alpha value is -4.02. The molecule has 5 rings (SSSR count). The molecule has 0 saturated heterocycles. The van der Waals surface area contributed by atoms with Gasteiger partial charge in [0.15, 0.2) is 5.82 Å². The quantitative estimate of drug-likeness (QED) is 0.525. The molecule has 0 aromatic carbocycles. The second-order valence-electron chi connectivity index (χ2n) is 10.7. The highest BCUT2D eigenvalue weighted by Crippen LogP contribution is 2.36. The van der Waals surface area contributed by atoms with E-state index >= 15 is 0 Å². The van der Waals surface area contributed by atoms with Gasteiger partial charge >= 0.3 is 6.09 Å². The Morgan fingerprint density at radius 2 is 2.03 bits per heavy atom. The van der Waals surface area contributed by atoms with Gasteiger partial charge in [-0.25, -0.2) is 14.8 Å². The largest absolute Gasteiger partial charge is 0.443 e. The molecule has 200 valence electrons. The number of fused-ring (bicyclic) bond motifs is 2. The van der Waals surface area contributed by atoms with E-state index in [-0.39, 0.29) is 30.6 Å². The summed E-state index contributed by atoms with van der Waals surface area (Å²) in [6.07, 6.45) is 2.44. The molecule has 3 aromatic heterocycles. The van der Waals surface area contributed by atoms with Crippen LogP contribution in [-0.2, 0) is 29.8 Å². The molecule has 38 heavy (non-hydrogen) atoms. The fourth-order valence-electron chi connectivity index (χ4n) is 5.08. The maximum atomic E-state index is 13.7. The van der Waals surface area contributed by atoms with E-state index in [1.165, 1.54) is 7.05 Å². The summed E-state index contributed by atoms with van der Waals surface area (Å²) in [4.78, 5) is 38.7. The average molecular weight is 519 g/mol. The molecule has 2 amide bonds. The molecule has 0 unspecified atom stereocenters. The summed E-state index contributed by atoms with van der Waals surface area (Å²) in [5.41, 5.74) is 2.36. The average Bonchev–Trinajstić information content (AvgIpc) is 3.49. The zero-order valence-corrected chi connectivity index (χ0v) is 22.8. The zero-order chi connectivity index (χ0) is 27.2. The van der Waals surface area contributed by atoms with Gasteiger partial charge in [0.25, 0.3) is 5.91 Å². The van der Waals surface area contributed by atoms with Crippen molar-refractivity contribution in [3.8, 4) is 11.5 Å². The number of alkyl carbamates (subject to hydrolysis) is 1. The molecule has 3 aromatic rings. The Kier molecular flexibility index (Phi) is 6.54. The number of nitrogens with one attached hydrogen (secondary N) is 1. The summed E-state index contributed by atoms with van der Waals surface area (Å²) in [7, 11) is 3.42. The standard InChI is InChI=1S/C27H34N8O3/c1-16(2)33(6)23-13-17-18(20(30-23)15-38-26(37)28-5)14-34(25(17)36)21-10-7-9-19(29-21)24-32-31-22-11-8-12-27(3,4)35(22)24/h7,9-10,13,16H,8,11-12,14-15H2,1-6H3,(H,28,37). The highest BCUT2D eigenvalue weighted by molar-refractivity contribution is 6.10. The third-order valence-electron chi connectivity index (χ3n) is 7.43. The lowest BCUT2D eigenvalue weighted by Crippen LogP contribution is -2.32. The predicted molar refractivity (Wildman–Crippen MR) is 143 cm³/mol. The Labute approximate surface area is 222 Å². The number of aryl methyl sites for hydroxylation is 1. The van der Waals surface area contributed by atoms with Crippen molar-refractivity contribution in [2.45, 2.75) is 71.7 Å². The van der Waals surface area contributed by atoms with Crippen molar-refractivity contribution in [1.29, 1.82) is 0 Å². The summed E-state index contributed by atoms with van der Waals surface area (Å²) in [6.45, 7) is 8.70. The van der Waals surface area contributed by atoms with Crippen LogP contribution in [0.3, 0.4) is 0 Å². The number of hydrogen-bond donors (Lipinski definition) is 1. The second kappa shape index (κ2) is 9.70. The van der Waals surface area contributed by atoms with Gasteiger partial charge < -0.3 is 19.5 Å². The number of carbonyl (C=O) groups excluding carboxylic acids is 2. The van der Waals surface area contributed by atoms with Gasteiger partial charge in [0.1, 0.15) is 29.8 Å². The Morgan fingerprint density at radius 1 is 1.24 bits per heavy atom. The van der Waals surface area contributed by atoms with Gasteiger partial charge in [-0.15, -0.1) is 10.2 Å². The normalized spacial score (nSPS) is 15.9.